The molecule has 5 heteroatoms. The van der Waals surface area contributed by atoms with E-state index in [1.54, 1.807) is 29.2 Å². The summed E-state index contributed by atoms with van der Waals surface area (Å²) in [6, 6.07) is 3.81. The largest absolute Gasteiger partial charge is 0.268 e. The lowest BCUT2D eigenvalue weighted by Gasteiger charge is -2.03. The lowest BCUT2D eigenvalue weighted by atomic mass is 10.3. The van der Waals surface area contributed by atoms with Crippen molar-refractivity contribution < 1.29 is 0 Å². The highest BCUT2D eigenvalue weighted by Crippen LogP contribution is 2.30. The van der Waals surface area contributed by atoms with E-state index < -0.39 is 0 Å². The molecule has 2 aromatic rings. The molecule has 0 unspecified atom stereocenters. The van der Waals surface area contributed by atoms with Crippen LogP contribution in [0.25, 0.3) is 11.4 Å². The average molecular weight is 256 g/mol. The summed E-state index contributed by atoms with van der Waals surface area (Å²) >= 11 is 12.2. The highest BCUT2D eigenvalue weighted by atomic mass is 35.5. The smallest absolute Gasteiger partial charge is 0.131 e. The van der Waals surface area contributed by atoms with Gasteiger partial charge >= 0.3 is 0 Å². The van der Waals surface area contributed by atoms with Gasteiger partial charge in [-0.2, -0.15) is 5.10 Å². The number of nitrogens with zero attached hydrogens (tertiary/aromatic N) is 3. The summed E-state index contributed by atoms with van der Waals surface area (Å²) in [6.45, 7) is 4.07. The number of hydrogen-bond acceptors (Lipinski definition) is 2. The Bertz CT molecular complexity index is 506. The summed E-state index contributed by atoms with van der Waals surface area (Å²) in [5.74, 6) is 0. The van der Waals surface area contributed by atoms with Crippen molar-refractivity contribution in [1.82, 2.24) is 14.8 Å². The molecule has 2 heterocycles. The molecule has 0 amide bonds. The van der Waals surface area contributed by atoms with Crippen molar-refractivity contribution in [2.24, 2.45) is 0 Å². The minimum atomic E-state index is 0.258. The SMILES string of the molecule is CC(C)n1cc(Cl)c(-c2ncccc2Cl)n1. The molecule has 0 aliphatic heterocycles. The Hall–Kier alpha value is -1.06. The quantitative estimate of drug-likeness (QED) is 0.817. The first-order valence-corrected chi connectivity index (χ1v) is 5.70. The zero-order valence-electron chi connectivity index (χ0n) is 8.98. The molecule has 0 fully saturated rings. The number of rotatable bonds is 2. The van der Waals surface area contributed by atoms with Crippen molar-refractivity contribution in [2.45, 2.75) is 19.9 Å². The number of halogens is 2. The Morgan fingerprint density at radius 3 is 2.50 bits per heavy atom. The number of hydrogen-bond donors (Lipinski definition) is 0. The van der Waals surface area contributed by atoms with Crippen molar-refractivity contribution in [3.63, 3.8) is 0 Å². The summed E-state index contributed by atoms with van der Waals surface area (Å²) in [5, 5.41) is 5.50. The molecule has 0 saturated carbocycles. The first kappa shape index (κ1) is 11.4. The van der Waals surface area contributed by atoms with Crippen LogP contribution in [0.1, 0.15) is 19.9 Å². The van der Waals surface area contributed by atoms with Gasteiger partial charge in [-0.25, -0.2) is 0 Å². The van der Waals surface area contributed by atoms with Crippen LogP contribution < -0.4 is 0 Å². The minimum absolute atomic E-state index is 0.258. The fourth-order valence-electron chi connectivity index (χ4n) is 1.35. The van der Waals surface area contributed by atoms with Gasteiger partial charge in [0.15, 0.2) is 0 Å². The van der Waals surface area contributed by atoms with Crippen molar-refractivity contribution in [1.29, 1.82) is 0 Å². The molecular formula is C11H11Cl2N3. The summed E-state index contributed by atoms with van der Waals surface area (Å²) in [6.07, 6.45) is 3.46. The highest BCUT2D eigenvalue weighted by Gasteiger charge is 2.14. The van der Waals surface area contributed by atoms with E-state index in [1.165, 1.54) is 0 Å². The second kappa shape index (κ2) is 4.44. The van der Waals surface area contributed by atoms with E-state index in [-0.39, 0.29) is 6.04 Å². The van der Waals surface area contributed by atoms with Gasteiger partial charge in [0.05, 0.1) is 10.0 Å². The Morgan fingerprint density at radius 1 is 1.19 bits per heavy atom. The Labute approximate surface area is 104 Å². The van der Waals surface area contributed by atoms with Gasteiger partial charge in [0.1, 0.15) is 11.4 Å². The van der Waals surface area contributed by atoms with Crippen LogP contribution in [0.3, 0.4) is 0 Å². The van der Waals surface area contributed by atoms with Gasteiger partial charge in [0, 0.05) is 18.4 Å². The Morgan fingerprint density at radius 2 is 1.94 bits per heavy atom. The fourth-order valence-corrected chi connectivity index (χ4v) is 1.79. The van der Waals surface area contributed by atoms with Crippen LogP contribution in [-0.2, 0) is 0 Å². The van der Waals surface area contributed by atoms with E-state index in [2.05, 4.69) is 10.1 Å². The van der Waals surface area contributed by atoms with Gasteiger partial charge in [-0.3, -0.25) is 9.67 Å². The molecule has 0 atom stereocenters. The molecule has 2 aromatic heterocycles. The van der Waals surface area contributed by atoms with Crippen LogP contribution in [0, 0.1) is 0 Å². The zero-order valence-corrected chi connectivity index (χ0v) is 10.5. The molecule has 0 spiro atoms. The molecule has 0 saturated heterocycles. The number of pyridine rings is 1. The maximum Gasteiger partial charge on any atom is 0.131 e. The van der Waals surface area contributed by atoms with Crippen molar-refractivity contribution in [2.75, 3.05) is 0 Å². The van der Waals surface area contributed by atoms with Gasteiger partial charge in [0.2, 0.25) is 0 Å². The molecule has 84 valence electrons. The van der Waals surface area contributed by atoms with Gasteiger partial charge < -0.3 is 0 Å². The molecular weight excluding hydrogens is 245 g/mol. The molecule has 2 rings (SSSR count). The molecule has 0 N–H and O–H groups in total. The third kappa shape index (κ3) is 2.06. The summed E-state index contributed by atoms with van der Waals surface area (Å²) in [4.78, 5) is 4.19. The number of aromatic nitrogens is 3. The van der Waals surface area contributed by atoms with Crippen LogP contribution in [0.2, 0.25) is 10.0 Å². The van der Waals surface area contributed by atoms with E-state index in [0.29, 0.717) is 21.4 Å². The molecule has 0 aromatic carbocycles. The third-order valence-electron chi connectivity index (χ3n) is 2.20. The first-order chi connectivity index (χ1) is 7.59. The molecule has 0 radical (unpaired) electrons. The van der Waals surface area contributed by atoms with Crippen molar-refractivity contribution in [3.8, 4) is 11.4 Å². The average Bonchev–Trinajstić information content (AvgIpc) is 2.61. The van der Waals surface area contributed by atoms with Gasteiger partial charge in [-0.15, -0.1) is 0 Å². The maximum atomic E-state index is 6.11. The maximum absolute atomic E-state index is 6.11. The van der Waals surface area contributed by atoms with Gasteiger partial charge in [-0.1, -0.05) is 23.2 Å². The monoisotopic (exact) mass is 255 g/mol. The van der Waals surface area contributed by atoms with Gasteiger partial charge in [-0.05, 0) is 26.0 Å². The Kier molecular flexibility index (Phi) is 3.17. The van der Waals surface area contributed by atoms with E-state index in [0.717, 1.165) is 0 Å². The molecule has 0 bridgehead atoms. The van der Waals surface area contributed by atoms with E-state index >= 15 is 0 Å². The van der Waals surface area contributed by atoms with E-state index in [9.17, 15) is 0 Å². The van der Waals surface area contributed by atoms with Crippen LogP contribution >= 0.6 is 23.2 Å². The predicted octanol–water partition coefficient (Wildman–Crippen LogP) is 3.83. The summed E-state index contributed by atoms with van der Waals surface area (Å²) in [5.41, 5.74) is 1.24. The second-order valence-corrected chi connectivity index (χ2v) is 4.55. The molecule has 3 nitrogen and oxygen atoms in total. The van der Waals surface area contributed by atoms with E-state index in [1.807, 2.05) is 13.8 Å². The summed E-state index contributed by atoms with van der Waals surface area (Å²) in [7, 11) is 0. The molecule has 0 aliphatic carbocycles. The zero-order chi connectivity index (χ0) is 11.7. The lowest BCUT2D eigenvalue weighted by molar-refractivity contribution is 0.534. The Balaban J connectivity index is 2.52. The normalized spacial score (nSPS) is 11.1. The third-order valence-corrected chi connectivity index (χ3v) is 2.78. The lowest BCUT2D eigenvalue weighted by Crippen LogP contribution is -2.01. The summed E-state index contributed by atoms with van der Waals surface area (Å²) < 4.78 is 1.79. The second-order valence-electron chi connectivity index (χ2n) is 3.73. The molecule has 0 aliphatic rings. The topological polar surface area (TPSA) is 30.7 Å². The highest BCUT2D eigenvalue weighted by molar-refractivity contribution is 6.35. The predicted molar refractivity (Wildman–Crippen MR) is 65.9 cm³/mol. The minimum Gasteiger partial charge on any atom is -0.268 e. The molecule has 16 heavy (non-hydrogen) atoms. The van der Waals surface area contributed by atoms with E-state index in [4.69, 9.17) is 23.2 Å². The van der Waals surface area contributed by atoms with Crippen molar-refractivity contribution >= 4 is 23.2 Å². The fraction of sp³-hybridized carbons (Fsp3) is 0.273. The first-order valence-electron chi connectivity index (χ1n) is 4.95. The van der Waals surface area contributed by atoms with Crippen LogP contribution in [0.4, 0.5) is 0 Å². The van der Waals surface area contributed by atoms with Gasteiger partial charge in [0.25, 0.3) is 0 Å². The van der Waals surface area contributed by atoms with Crippen LogP contribution in [0.15, 0.2) is 24.5 Å². The van der Waals surface area contributed by atoms with Crippen LogP contribution in [0.5, 0.6) is 0 Å². The van der Waals surface area contributed by atoms with Crippen LogP contribution in [-0.4, -0.2) is 14.8 Å². The van der Waals surface area contributed by atoms with Crippen molar-refractivity contribution in [3.05, 3.63) is 34.6 Å². The standard InChI is InChI=1S/C11H11Cl2N3/c1-7(2)16-6-9(13)11(15-16)10-8(12)4-3-5-14-10/h3-7H,1-2H3.